The zero-order chi connectivity index (χ0) is 33.9. The highest BCUT2D eigenvalue weighted by molar-refractivity contribution is 5.89. The summed E-state index contributed by atoms with van der Waals surface area (Å²) in [5.41, 5.74) is 6.71. The van der Waals surface area contributed by atoms with Crippen LogP contribution in [-0.4, -0.2) is 61.4 Å². The lowest BCUT2D eigenvalue weighted by molar-refractivity contribution is -0.0927. The number of allylic oxidation sites excluding steroid dienone is 3. The molecule has 7 nitrogen and oxygen atoms in total. The van der Waals surface area contributed by atoms with Gasteiger partial charge in [-0.25, -0.2) is 0 Å². The molecule has 0 bridgehead atoms. The van der Waals surface area contributed by atoms with Crippen LogP contribution in [0.3, 0.4) is 0 Å². The van der Waals surface area contributed by atoms with Crippen molar-refractivity contribution in [2.75, 3.05) is 33.9 Å². The highest BCUT2D eigenvalue weighted by Gasteiger charge is 2.31. The Morgan fingerprint density at radius 3 is 2.43 bits per heavy atom. The normalized spacial score (nSPS) is 17.9. The fraction of sp³-hybridized carbons (Fsp3) is 0.550. The monoisotopic (exact) mass is 646 g/mol. The van der Waals surface area contributed by atoms with Crippen molar-refractivity contribution in [3.63, 3.8) is 0 Å². The van der Waals surface area contributed by atoms with E-state index >= 15 is 0 Å². The molecule has 0 fully saturated rings. The van der Waals surface area contributed by atoms with Crippen LogP contribution in [0.15, 0.2) is 60.3 Å². The molecule has 1 aliphatic rings. The van der Waals surface area contributed by atoms with E-state index in [0.29, 0.717) is 31.1 Å². The molecule has 0 spiro atoms. The van der Waals surface area contributed by atoms with Crippen molar-refractivity contribution in [1.29, 1.82) is 0 Å². The fourth-order valence-corrected chi connectivity index (χ4v) is 6.57. The summed E-state index contributed by atoms with van der Waals surface area (Å²) in [6.45, 7) is 16.5. The number of benzene rings is 2. The van der Waals surface area contributed by atoms with Gasteiger partial charge in [-0.15, -0.1) is 0 Å². The molecule has 1 aliphatic carbocycles. The molecule has 1 heterocycles. The fourth-order valence-electron chi connectivity index (χ4n) is 6.57. The van der Waals surface area contributed by atoms with Crippen molar-refractivity contribution in [3.05, 3.63) is 77.0 Å². The number of aryl methyl sites for hydroxylation is 1. The number of phenolic OH excluding ortho intramolecular Hbond substituents is 1. The molecule has 0 amide bonds. The van der Waals surface area contributed by atoms with Crippen LogP contribution in [-0.2, 0) is 22.3 Å². The van der Waals surface area contributed by atoms with Crippen molar-refractivity contribution in [2.24, 2.45) is 5.92 Å². The Morgan fingerprint density at radius 2 is 1.74 bits per heavy atom. The number of fused-ring (bicyclic) bond motifs is 1. The molecular weight excluding hydrogens is 588 g/mol. The zero-order valence-corrected chi connectivity index (χ0v) is 29.9. The highest BCUT2D eigenvalue weighted by atomic mass is 16.7. The number of hydrogen-bond donors (Lipinski definition) is 2. The number of aromatic nitrogens is 1. The van der Waals surface area contributed by atoms with Gasteiger partial charge in [0.25, 0.3) is 0 Å². The topological polar surface area (TPSA) is 76.2 Å². The minimum atomic E-state index is -0.489. The Balaban J connectivity index is 1.34. The largest absolute Gasteiger partial charge is 0.507 e. The second-order valence-electron chi connectivity index (χ2n) is 13.5. The van der Waals surface area contributed by atoms with Gasteiger partial charge in [0.2, 0.25) is 0 Å². The minimum Gasteiger partial charge on any atom is -0.507 e. The Labute approximate surface area is 282 Å². The van der Waals surface area contributed by atoms with Crippen LogP contribution in [0.2, 0.25) is 0 Å². The number of ether oxygens (including phenoxy) is 4. The summed E-state index contributed by atoms with van der Waals surface area (Å²) in [6, 6.07) is 10.1. The number of unbranched alkanes of at least 4 members (excludes halogenated alkanes) is 2. The number of phenols is 1. The van der Waals surface area contributed by atoms with E-state index in [0.717, 1.165) is 84.8 Å². The number of H-pyrrole nitrogens is 1. The van der Waals surface area contributed by atoms with Gasteiger partial charge in [0.05, 0.1) is 13.2 Å². The molecule has 2 unspecified atom stereocenters. The molecule has 3 aromatic rings. The van der Waals surface area contributed by atoms with Gasteiger partial charge >= 0.3 is 0 Å². The van der Waals surface area contributed by atoms with Gasteiger partial charge in [-0.05, 0) is 122 Å². The molecule has 0 saturated carbocycles. The number of aromatic amines is 1. The summed E-state index contributed by atoms with van der Waals surface area (Å²) in [5, 5.41) is 12.5. The molecule has 47 heavy (non-hydrogen) atoms. The van der Waals surface area contributed by atoms with E-state index in [-0.39, 0.29) is 11.8 Å². The summed E-state index contributed by atoms with van der Waals surface area (Å²) >= 11 is 0. The summed E-state index contributed by atoms with van der Waals surface area (Å²) < 4.78 is 24.8. The predicted octanol–water partition coefficient (Wildman–Crippen LogP) is 9.30. The second-order valence-corrected chi connectivity index (χ2v) is 13.5. The number of nitrogens with one attached hydrogen (secondary N) is 1. The molecular formula is C40H58N2O5. The highest BCUT2D eigenvalue weighted by Crippen LogP contribution is 2.47. The van der Waals surface area contributed by atoms with Crippen molar-refractivity contribution in [3.8, 4) is 17.2 Å². The molecule has 0 radical (unpaired) electrons. The molecule has 2 aromatic carbocycles. The van der Waals surface area contributed by atoms with Crippen LogP contribution in [0, 0.1) is 5.92 Å². The predicted molar refractivity (Wildman–Crippen MR) is 193 cm³/mol. The maximum atomic E-state index is 11.4. The van der Waals surface area contributed by atoms with E-state index < -0.39 is 12.6 Å². The first-order chi connectivity index (χ1) is 22.6. The third kappa shape index (κ3) is 10.4. The van der Waals surface area contributed by atoms with Crippen LogP contribution < -0.4 is 9.47 Å². The van der Waals surface area contributed by atoms with Crippen LogP contribution in [0.25, 0.3) is 10.9 Å². The summed E-state index contributed by atoms with van der Waals surface area (Å²) in [4.78, 5) is 5.56. The summed E-state index contributed by atoms with van der Waals surface area (Å²) in [7, 11) is 4.17. The van der Waals surface area contributed by atoms with Crippen molar-refractivity contribution in [1.82, 2.24) is 9.88 Å². The number of nitrogens with zero attached hydrogens (tertiary/aromatic N) is 1. The molecule has 2 N–H and O–H groups in total. The summed E-state index contributed by atoms with van der Waals surface area (Å²) in [6.07, 6.45) is 11.5. The van der Waals surface area contributed by atoms with Gasteiger partial charge in [-0.1, -0.05) is 49.6 Å². The molecule has 7 heteroatoms. The van der Waals surface area contributed by atoms with Crippen LogP contribution in [0.4, 0.5) is 0 Å². The van der Waals surface area contributed by atoms with Gasteiger partial charge in [0.1, 0.15) is 17.2 Å². The Bertz CT molecular complexity index is 1470. The number of aromatic hydroxyl groups is 1. The first-order valence-electron chi connectivity index (χ1n) is 17.6. The van der Waals surface area contributed by atoms with E-state index in [9.17, 15) is 5.11 Å². The first kappa shape index (κ1) is 36.6. The standard InChI is InChI=1S/C40H58N2O5/c1-9-10-11-14-31-24-36(43)40(34-23-28(4)17-18-33(34)27(2)3)38(25-31)47-30(6)45-22-13-21-44-29(5)46-37-16-12-15-35-39(37)32(26-41-35)19-20-42(7)8/h12,15-16,23-26,29-30,33-34,41,43H,2,9-11,13-14,17-22H2,1,3-8H3/t29?,30?,33-,34+/m0/s1. The van der Waals surface area contributed by atoms with Crippen LogP contribution in [0.5, 0.6) is 17.2 Å². The van der Waals surface area contributed by atoms with Crippen molar-refractivity contribution < 1.29 is 24.1 Å². The van der Waals surface area contributed by atoms with Gasteiger partial charge in [0, 0.05) is 35.1 Å². The van der Waals surface area contributed by atoms with Crippen molar-refractivity contribution >= 4 is 10.9 Å². The quantitative estimate of drug-likeness (QED) is 0.0768. The van der Waals surface area contributed by atoms with Gasteiger partial charge in [-0.3, -0.25) is 0 Å². The lowest BCUT2D eigenvalue weighted by Gasteiger charge is -2.32. The second kappa shape index (κ2) is 17.8. The van der Waals surface area contributed by atoms with E-state index in [1.165, 1.54) is 11.1 Å². The van der Waals surface area contributed by atoms with Gasteiger partial charge in [-0.2, -0.15) is 0 Å². The third-order valence-corrected chi connectivity index (χ3v) is 9.12. The SMILES string of the molecule is C=C(C)[C@@H]1CCC(C)=C[C@H]1c1c(O)cc(CCCCC)cc1OC(C)OCCCOC(C)Oc1cccc2[nH]cc(CCN(C)C)c12. The van der Waals surface area contributed by atoms with E-state index in [2.05, 4.69) is 75.7 Å². The van der Waals surface area contributed by atoms with E-state index in [1.54, 1.807) is 0 Å². The molecule has 4 rings (SSSR count). The van der Waals surface area contributed by atoms with Gasteiger partial charge in [0.15, 0.2) is 12.6 Å². The summed E-state index contributed by atoms with van der Waals surface area (Å²) in [5.74, 6) is 2.10. The Hall–Kier alpha value is -3.26. The zero-order valence-electron chi connectivity index (χ0n) is 29.9. The smallest absolute Gasteiger partial charge is 0.197 e. The Morgan fingerprint density at radius 1 is 1.02 bits per heavy atom. The maximum absolute atomic E-state index is 11.4. The molecule has 258 valence electrons. The third-order valence-electron chi connectivity index (χ3n) is 9.12. The average Bonchev–Trinajstić information content (AvgIpc) is 3.44. The van der Waals surface area contributed by atoms with Crippen LogP contribution in [0.1, 0.15) is 95.8 Å². The van der Waals surface area contributed by atoms with Crippen LogP contribution >= 0.6 is 0 Å². The molecule has 0 aliphatic heterocycles. The lowest BCUT2D eigenvalue weighted by Crippen LogP contribution is -2.22. The minimum absolute atomic E-state index is 0.0178. The number of likely N-dealkylation sites (N-methyl/N-ethyl adjacent to an activating group) is 1. The lowest BCUT2D eigenvalue weighted by atomic mass is 9.73. The Kier molecular flexibility index (Phi) is 13.8. The molecule has 0 saturated heterocycles. The van der Waals surface area contributed by atoms with E-state index in [4.69, 9.17) is 18.9 Å². The maximum Gasteiger partial charge on any atom is 0.197 e. The van der Waals surface area contributed by atoms with E-state index in [1.807, 2.05) is 32.0 Å². The molecule has 1 aromatic heterocycles. The first-order valence-corrected chi connectivity index (χ1v) is 17.6. The number of rotatable bonds is 19. The number of hydrogen-bond acceptors (Lipinski definition) is 6. The van der Waals surface area contributed by atoms with Gasteiger partial charge < -0.3 is 33.9 Å². The van der Waals surface area contributed by atoms with Crippen molar-refractivity contribution in [2.45, 2.75) is 104 Å². The average molecular weight is 647 g/mol. The molecule has 4 atom stereocenters.